The minimum atomic E-state index is 0. The molecule has 0 bridgehead atoms. The van der Waals surface area contributed by atoms with Crippen molar-refractivity contribution in [2.24, 2.45) is 0 Å². The first kappa shape index (κ1) is 24.4. The monoisotopic (exact) mass is 140 g/mol. The maximum absolute atomic E-state index is 0. The number of hydrogen-bond donors (Lipinski definition) is 0. The van der Waals surface area contributed by atoms with Gasteiger partial charge in [-0.25, -0.2) is 0 Å². The standard InChI is InChI=1S/2Ca.2Mg.2H2.8H/h;;;;2*1H;;;;;;;;. The summed E-state index contributed by atoms with van der Waals surface area (Å²) >= 11 is 0. The van der Waals surface area contributed by atoms with Crippen LogP contribution in [-0.4, -0.2) is 122 Å². The minimum absolute atomic E-state index is 0. The van der Waals surface area contributed by atoms with Gasteiger partial charge in [-0.2, -0.15) is 0 Å². The summed E-state index contributed by atoms with van der Waals surface area (Å²) in [6, 6.07) is 0. The van der Waals surface area contributed by atoms with E-state index in [1.54, 1.807) is 0 Å². The molecule has 0 aromatic rings. The van der Waals surface area contributed by atoms with Gasteiger partial charge in [0, 0.05) is 2.85 Å². The van der Waals surface area contributed by atoms with E-state index in [-0.39, 0.29) is 124 Å². The van der Waals surface area contributed by atoms with Crippen molar-refractivity contribution in [3.63, 3.8) is 0 Å². The molecule has 20 valence electrons. The fourth-order valence-corrected chi connectivity index (χ4v) is 0. The van der Waals surface area contributed by atoms with E-state index in [9.17, 15) is 0 Å². The van der Waals surface area contributed by atoms with Crippen molar-refractivity contribution in [2.75, 3.05) is 0 Å². The summed E-state index contributed by atoms with van der Waals surface area (Å²) in [4.78, 5) is 0. The van der Waals surface area contributed by atoms with Gasteiger partial charge in [0.05, 0.1) is 0 Å². The zero-order valence-corrected chi connectivity index (χ0v) is 0. The van der Waals surface area contributed by atoms with Crippen LogP contribution in [0.15, 0.2) is 0 Å². The maximum atomic E-state index is 0. The zero-order chi connectivity index (χ0) is 0. The first-order valence-corrected chi connectivity index (χ1v) is 0. The topological polar surface area (TPSA) is 0 Å². The molecular weight excluding hydrogens is 129 g/mol. The smallest absolute Gasteiger partial charge is 0 e. The predicted octanol–water partition coefficient (Wildman–Crippen LogP) is -3.17. The number of hydrogen-bond acceptors (Lipinski definition) is 0. The molecule has 0 N–H and O–H groups in total. The Hall–Kier alpha value is 4.05. The fraction of sp³-hybridized carbons (Fsp3) is 0. The Morgan fingerprint density at radius 3 is 0.750 bits per heavy atom. The third-order valence-electron chi connectivity index (χ3n) is 0. The summed E-state index contributed by atoms with van der Waals surface area (Å²) in [5.74, 6) is 0. The Labute approximate surface area is 121 Å². The molecule has 4 heteroatoms. The molecule has 0 aromatic heterocycles. The second kappa shape index (κ2) is 15.7. The van der Waals surface area contributed by atoms with Gasteiger partial charge in [0.1, 0.15) is 0 Å². The Morgan fingerprint density at radius 1 is 0.750 bits per heavy atom. The van der Waals surface area contributed by atoms with Gasteiger partial charge in [-0.05, 0) is 0 Å². The Kier molecular flexibility index (Phi) is 95.9. The largest absolute Gasteiger partial charge is 0.316 e. The van der Waals surface area contributed by atoms with Crippen molar-refractivity contribution in [3.05, 3.63) is 0 Å². The van der Waals surface area contributed by atoms with E-state index in [0.29, 0.717) is 0 Å². The van der Waals surface area contributed by atoms with Crippen LogP contribution in [0, 0.1) is 0 Å². The SMILES string of the molecule is [CaH2].[CaH2].[HH].[HH].[MgH2].[MgH2]. The van der Waals surface area contributed by atoms with Crippen molar-refractivity contribution in [2.45, 2.75) is 0 Å². The molecule has 0 aliphatic rings. The first-order valence-electron chi connectivity index (χ1n) is 0. The van der Waals surface area contributed by atoms with E-state index in [4.69, 9.17) is 0 Å². The summed E-state index contributed by atoms with van der Waals surface area (Å²) in [6.07, 6.45) is 0. The Morgan fingerprint density at radius 2 is 0.750 bits per heavy atom. The molecule has 0 spiro atoms. The molecule has 0 aliphatic carbocycles. The first-order chi connectivity index (χ1) is 0. The molecule has 0 radical (unpaired) electrons. The third kappa shape index (κ3) is 9.41. The normalized spacial score (nSPS) is 0. The molecule has 0 saturated carbocycles. The van der Waals surface area contributed by atoms with Crippen LogP contribution >= 0.6 is 0 Å². The van der Waals surface area contributed by atoms with Gasteiger partial charge < -0.3 is 0 Å². The van der Waals surface area contributed by atoms with Crippen molar-refractivity contribution in [1.29, 1.82) is 0 Å². The quantitative estimate of drug-likeness (QED) is 0.312. The van der Waals surface area contributed by atoms with Crippen LogP contribution in [0.1, 0.15) is 2.85 Å². The van der Waals surface area contributed by atoms with Gasteiger partial charge in [-0.1, -0.05) is 0 Å². The summed E-state index contributed by atoms with van der Waals surface area (Å²) in [7, 11) is 0. The third-order valence-corrected chi connectivity index (χ3v) is 0. The van der Waals surface area contributed by atoms with Crippen LogP contribution in [0.5, 0.6) is 0 Å². The maximum Gasteiger partial charge on any atom is 0.316 e. The molecule has 0 atom stereocenters. The predicted molar refractivity (Wildman–Crippen MR) is 38.4 cm³/mol. The minimum Gasteiger partial charge on any atom is 0 e. The Bertz CT molecular complexity index is 9.51. The molecule has 4 heavy (non-hydrogen) atoms. The molecule has 0 heterocycles. The molecule has 0 fully saturated rings. The van der Waals surface area contributed by atoms with Gasteiger partial charge in [0.2, 0.25) is 0 Å². The number of rotatable bonds is 0. The van der Waals surface area contributed by atoms with Crippen molar-refractivity contribution < 1.29 is 2.85 Å². The van der Waals surface area contributed by atoms with Crippen molar-refractivity contribution in [1.82, 2.24) is 0 Å². The van der Waals surface area contributed by atoms with E-state index in [0.717, 1.165) is 0 Å². The fourth-order valence-electron chi connectivity index (χ4n) is 0. The molecule has 0 amide bonds. The molecule has 0 unspecified atom stereocenters. The van der Waals surface area contributed by atoms with Gasteiger partial charge in [0.25, 0.3) is 0 Å². The summed E-state index contributed by atoms with van der Waals surface area (Å²) in [5.41, 5.74) is 0. The van der Waals surface area contributed by atoms with Gasteiger partial charge in [-0.3, -0.25) is 0 Å². The summed E-state index contributed by atoms with van der Waals surface area (Å²) in [6.45, 7) is 0. The molecule has 0 aliphatic heterocycles. The van der Waals surface area contributed by atoms with Gasteiger partial charge >= 0.3 is 122 Å². The van der Waals surface area contributed by atoms with Crippen LogP contribution in [-0.2, 0) is 0 Å². The van der Waals surface area contributed by atoms with Crippen LogP contribution in [0.4, 0.5) is 0 Å². The van der Waals surface area contributed by atoms with Gasteiger partial charge in [-0.15, -0.1) is 0 Å². The second-order valence-electron chi connectivity index (χ2n) is 0. The van der Waals surface area contributed by atoms with E-state index in [2.05, 4.69) is 0 Å². The molecule has 0 saturated heterocycles. The summed E-state index contributed by atoms with van der Waals surface area (Å²) in [5, 5.41) is 0. The Balaban J connectivity index is 0. The van der Waals surface area contributed by atoms with Gasteiger partial charge in [0.15, 0.2) is 0 Å². The molecular formula is H12Ca2Mg2. The van der Waals surface area contributed by atoms with E-state index in [1.165, 1.54) is 0 Å². The average Bonchev–Trinajstić information content (AvgIpc) is 0. The van der Waals surface area contributed by atoms with Crippen molar-refractivity contribution >= 4 is 122 Å². The van der Waals surface area contributed by atoms with Crippen LogP contribution in [0.2, 0.25) is 0 Å². The van der Waals surface area contributed by atoms with Crippen LogP contribution < -0.4 is 0 Å². The molecule has 0 aromatic carbocycles. The molecule has 0 nitrogen and oxygen atoms in total. The van der Waals surface area contributed by atoms with Crippen LogP contribution in [0.3, 0.4) is 0 Å². The molecule has 0 rings (SSSR count). The average molecular weight is 141 g/mol. The zero-order valence-electron chi connectivity index (χ0n) is 0. The van der Waals surface area contributed by atoms with E-state index >= 15 is 0 Å². The van der Waals surface area contributed by atoms with E-state index < -0.39 is 0 Å². The van der Waals surface area contributed by atoms with Crippen molar-refractivity contribution in [3.8, 4) is 0 Å². The summed E-state index contributed by atoms with van der Waals surface area (Å²) < 4.78 is 0. The van der Waals surface area contributed by atoms with Crippen LogP contribution in [0.25, 0.3) is 0 Å². The second-order valence-corrected chi connectivity index (χ2v) is 0. The van der Waals surface area contributed by atoms with E-state index in [1.807, 2.05) is 0 Å².